The molecule has 0 heterocycles. The molecule has 2 N–H and O–H groups in total. The SMILES string of the molecule is Cc1ccccc1NC(=O)CCC(=O)OCC(=O)Nc1cccc(Cl)c1C. The lowest BCUT2D eigenvalue weighted by Crippen LogP contribution is -2.22. The van der Waals surface area contributed by atoms with Gasteiger partial charge in [0.1, 0.15) is 0 Å². The molecule has 0 spiro atoms. The first kappa shape index (κ1) is 20.5. The van der Waals surface area contributed by atoms with Gasteiger partial charge < -0.3 is 15.4 Å². The highest BCUT2D eigenvalue weighted by atomic mass is 35.5. The highest BCUT2D eigenvalue weighted by Crippen LogP contribution is 2.22. The van der Waals surface area contributed by atoms with Gasteiger partial charge in [-0.2, -0.15) is 0 Å². The summed E-state index contributed by atoms with van der Waals surface area (Å²) in [5.74, 6) is -1.38. The van der Waals surface area contributed by atoms with Crippen molar-refractivity contribution in [3.63, 3.8) is 0 Å². The number of rotatable bonds is 7. The van der Waals surface area contributed by atoms with Crippen molar-refractivity contribution in [2.45, 2.75) is 26.7 Å². The molecule has 0 unspecified atom stereocenters. The van der Waals surface area contributed by atoms with Crippen LogP contribution in [-0.2, 0) is 19.1 Å². The number of ether oxygens (including phenoxy) is 1. The second kappa shape index (κ2) is 9.73. The fraction of sp³-hybridized carbons (Fsp3) is 0.250. The van der Waals surface area contributed by atoms with E-state index >= 15 is 0 Å². The van der Waals surface area contributed by atoms with E-state index in [1.165, 1.54) is 0 Å². The summed E-state index contributed by atoms with van der Waals surface area (Å²) in [4.78, 5) is 35.5. The lowest BCUT2D eigenvalue weighted by Gasteiger charge is -2.10. The summed E-state index contributed by atoms with van der Waals surface area (Å²) in [6.45, 7) is 3.23. The van der Waals surface area contributed by atoms with Crippen LogP contribution >= 0.6 is 11.6 Å². The number of hydrogen-bond donors (Lipinski definition) is 2. The standard InChI is InChI=1S/C20H21ClN2O4/c1-13-6-3-4-8-16(13)22-18(24)10-11-20(26)27-12-19(25)23-17-9-5-7-15(21)14(17)2/h3-9H,10-12H2,1-2H3,(H,22,24)(H,23,25). The number of anilines is 2. The van der Waals surface area contributed by atoms with E-state index in [0.717, 1.165) is 11.1 Å². The molecule has 2 rings (SSSR count). The highest BCUT2D eigenvalue weighted by molar-refractivity contribution is 6.31. The third kappa shape index (κ3) is 6.42. The van der Waals surface area contributed by atoms with Gasteiger partial charge in [-0.1, -0.05) is 35.9 Å². The quantitative estimate of drug-likeness (QED) is 0.705. The lowest BCUT2D eigenvalue weighted by molar-refractivity contribution is -0.147. The predicted molar refractivity (Wildman–Crippen MR) is 105 cm³/mol. The van der Waals surface area contributed by atoms with Crippen LogP contribution in [0, 0.1) is 13.8 Å². The van der Waals surface area contributed by atoms with Crippen molar-refractivity contribution in [1.29, 1.82) is 0 Å². The summed E-state index contributed by atoms with van der Waals surface area (Å²) < 4.78 is 4.91. The normalized spacial score (nSPS) is 10.2. The molecule has 7 heteroatoms. The smallest absolute Gasteiger partial charge is 0.306 e. The van der Waals surface area contributed by atoms with E-state index in [1.807, 2.05) is 25.1 Å². The summed E-state index contributed by atoms with van der Waals surface area (Å²) in [7, 11) is 0. The predicted octanol–water partition coefficient (Wildman–Crippen LogP) is 3.86. The minimum absolute atomic E-state index is 0.0256. The number of halogens is 1. The molecule has 0 saturated carbocycles. The molecular formula is C20H21ClN2O4. The van der Waals surface area contributed by atoms with Crippen LogP contribution in [0.1, 0.15) is 24.0 Å². The first-order chi connectivity index (χ1) is 12.9. The largest absolute Gasteiger partial charge is 0.456 e. The number of nitrogens with one attached hydrogen (secondary N) is 2. The topological polar surface area (TPSA) is 84.5 Å². The molecule has 0 aliphatic rings. The molecule has 6 nitrogen and oxygen atoms in total. The Morgan fingerprint density at radius 1 is 0.889 bits per heavy atom. The average Bonchev–Trinajstić information content (AvgIpc) is 2.64. The van der Waals surface area contributed by atoms with Crippen LogP contribution in [0.3, 0.4) is 0 Å². The molecule has 2 amide bonds. The maximum absolute atomic E-state index is 11.9. The molecule has 0 aliphatic heterocycles. The van der Waals surface area contributed by atoms with Crippen molar-refractivity contribution >= 4 is 40.8 Å². The molecular weight excluding hydrogens is 368 g/mol. The third-order valence-electron chi connectivity index (χ3n) is 3.88. The van der Waals surface area contributed by atoms with Crippen LogP contribution in [0.25, 0.3) is 0 Å². The van der Waals surface area contributed by atoms with Crippen molar-refractivity contribution in [1.82, 2.24) is 0 Å². The molecule has 2 aromatic carbocycles. The summed E-state index contributed by atoms with van der Waals surface area (Å²) in [5.41, 5.74) is 2.92. The van der Waals surface area contributed by atoms with Gasteiger partial charge in [-0.25, -0.2) is 0 Å². The van der Waals surface area contributed by atoms with Gasteiger partial charge in [-0.3, -0.25) is 14.4 Å². The summed E-state index contributed by atoms with van der Waals surface area (Å²) >= 11 is 5.99. The molecule has 0 bridgehead atoms. The minimum atomic E-state index is -0.618. The van der Waals surface area contributed by atoms with Crippen LogP contribution in [0.15, 0.2) is 42.5 Å². The molecule has 0 aliphatic carbocycles. The van der Waals surface area contributed by atoms with Gasteiger partial charge in [0.25, 0.3) is 5.91 Å². The van der Waals surface area contributed by atoms with E-state index in [4.69, 9.17) is 16.3 Å². The Hall–Kier alpha value is -2.86. The van der Waals surface area contributed by atoms with E-state index in [-0.39, 0.29) is 18.7 Å². The zero-order valence-electron chi connectivity index (χ0n) is 15.2. The zero-order chi connectivity index (χ0) is 19.8. The Kier molecular flexibility index (Phi) is 7.37. The van der Waals surface area contributed by atoms with Crippen LogP contribution in [0.4, 0.5) is 11.4 Å². The van der Waals surface area contributed by atoms with E-state index in [0.29, 0.717) is 16.4 Å². The average molecular weight is 389 g/mol. The van der Waals surface area contributed by atoms with Crippen molar-refractivity contribution in [3.8, 4) is 0 Å². The van der Waals surface area contributed by atoms with Gasteiger partial charge >= 0.3 is 5.97 Å². The van der Waals surface area contributed by atoms with Gasteiger partial charge in [0.2, 0.25) is 5.91 Å². The van der Waals surface area contributed by atoms with E-state index in [9.17, 15) is 14.4 Å². The number of carbonyl (C=O) groups is 3. The first-order valence-corrected chi connectivity index (χ1v) is 8.80. The molecule has 27 heavy (non-hydrogen) atoms. The van der Waals surface area contributed by atoms with Gasteiger partial charge in [0.15, 0.2) is 6.61 Å². The van der Waals surface area contributed by atoms with Crippen molar-refractivity contribution in [3.05, 3.63) is 58.6 Å². The molecule has 0 fully saturated rings. The molecule has 0 atom stereocenters. The van der Waals surface area contributed by atoms with Crippen molar-refractivity contribution in [2.75, 3.05) is 17.2 Å². The number of carbonyl (C=O) groups excluding carboxylic acids is 3. The number of amides is 2. The lowest BCUT2D eigenvalue weighted by atomic mass is 10.2. The maximum atomic E-state index is 11.9. The molecule has 0 radical (unpaired) electrons. The second-order valence-corrected chi connectivity index (χ2v) is 6.39. The summed E-state index contributed by atoms with van der Waals surface area (Å²) in [6.07, 6.45) is -0.136. The Morgan fingerprint density at radius 3 is 2.30 bits per heavy atom. The van der Waals surface area contributed by atoms with E-state index < -0.39 is 18.5 Å². The summed E-state index contributed by atoms with van der Waals surface area (Å²) in [6, 6.07) is 12.5. The Balaban J connectivity index is 1.72. The third-order valence-corrected chi connectivity index (χ3v) is 4.29. The monoisotopic (exact) mass is 388 g/mol. The van der Waals surface area contributed by atoms with Gasteiger partial charge in [-0.05, 0) is 43.2 Å². The number of hydrogen-bond acceptors (Lipinski definition) is 4. The Morgan fingerprint density at radius 2 is 1.56 bits per heavy atom. The van der Waals surface area contributed by atoms with Crippen LogP contribution in [0.2, 0.25) is 5.02 Å². The minimum Gasteiger partial charge on any atom is -0.456 e. The summed E-state index contributed by atoms with van der Waals surface area (Å²) in [5, 5.41) is 5.90. The van der Waals surface area contributed by atoms with E-state index in [1.54, 1.807) is 31.2 Å². The molecule has 2 aromatic rings. The second-order valence-electron chi connectivity index (χ2n) is 5.98. The van der Waals surface area contributed by atoms with Crippen LogP contribution < -0.4 is 10.6 Å². The van der Waals surface area contributed by atoms with Crippen LogP contribution in [-0.4, -0.2) is 24.4 Å². The number of aryl methyl sites for hydroxylation is 1. The Labute approximate surface area is 162 Å². The van der Waals surface area contributed by atoms with Gasteiger partial charge in [0.05, 0.1) is 6.42 Å². The number of benzene rings is 2. The highest BCUT2D eigenvalue weighted by Gasteiger charge is 2.12. The maximum Gasteiger partial charge on any atom is 0.306 e. The number of esters is 1. The zero-order valence-corrected chi connectivity index (χ0v) is 15.9. The molecule has 0 aromatic heterocycles. The molecule has 142 valence electrons. The molecule has 0 saturated heterocycles. The van der Waals surface area contributed by atoms with Crippen molar-refractivity contribution < 1.29 is 19.1 Å². The fourth-order valence-electron chi connectivity index (χ4n) is 2.29. The number of para-hydroxylation sites is 1. The van der Waals surface area contributed by atoms with Gasteiger partial charge in [0, 0.05) is 22.8 Å². The first-order valence-electron chi connectivity index (χ1n) is 8.43. The Bertz CT molecular complexity index is 852. The van der Waals surface area contributed by atoms with Crippen molar-refractivity contribution in [2.24, 2.45) is 0 Å². The fourth-order valence-corrected chi connectivity index (χ4v) is 2.46. The van der Waals surface area contributed by atoms with E-state index in [2.05, 4.69) is 10.6 Å². The van der Waals surface area contributed by atoms with Gasteiger partial charge in [-0.15, -0.1) is 0 Å². The van der Waals surface area contributed by atoms with Crippen LogP contribution in [0.5, 0.6) is 0 Å².